The highest BCUT2D eigenvalue weighted by Crippen LogP contribution is 2.15. The minimum Gasteiger partial charge on any atom is -0.266 e. The number of carbonyl (C=O) groups excluding carboxylic acids is 1. The highest BCUT2D eigenvalue weighted by Gasteiger charge is 2.21. The Balaban J connectivity index is 2.04. The molecule has 0 saturated carbocycles. The molecule has 0 atom stereocenters. The molecule has 2 heterocycles. The Bertz CT molecular complexity index is 628. The lowest BCUT2D eigenvalue weighted by molar-refractivity contribution is 0.0946. The molecule has 0 unspecified atom stereocenters. The van der Waals surface area contributed by atoms with Crippen molar-refractivity contribution in [2.75, 3.05) is 0 Å². The van der Waals surface area contributed by atoms with Crippen molar-refractivity contribution in [3.63, 3.8) is 0 Å². The van der Waals surface area contributed by atoms with Crippen molar-refractivity contribution < 1.29 is 4.79 Å². The first-order chi connectivity index (χ1) is 8.75. The molecule has 1 N–H and O–H groups in total. The number of aromatic nitrogens is 2. The van der Waals surface area contributed by atoms with Crippen LogP contribution in [0, 0.1) is 0 Å². The quantitative estimate of drug-likeness (QED) is 0.811. The smallest absolute Gasteiger partial charge is 0.266 e. The van der Waals surface area contributed by atoms with E-state index in [0.717, 1.165) is 16.8 Å². The fourth-order valence-corrected chi connectivity index (χ4v) is 2.09. The Morgan fingerprint density at radius 1 is 1.28 bits per heavy atom. The van der Waals surface area contributed by atoms with Crippen LogP contribution in [-0.4, -0.2) is 21.4 Å². The molecule has 0 aliphatic carbocycles. The first-order valence-electron chi connectivity index (χ1n) is 5.69. The average Bonchev–Trinajstić information content (AvgIpc) is 2.66. The maximum atomic E-state index is 11.9. The number of fused-ring (bicyclic) bond motifs is 1. The van der Waals surface area contributed by atoms with Gasteiger partial charge in [0.15, 0.2) is 0 Å². The maximum Gasteiger partial charge on any atom is 0.289 e. The van der Waals surface area contributed by atoms with Crippen LogP contribution in [0.3, 0.4) is 0 Å². The summed E-state index contributed by atoms with van der Waals surface area (Å²) in [6.07, 6.45) is 2.32. The molecule has 1 aromatic carbocycles. The van der Waals surface area contributed by atoms with Gasteiger partial charge in [-0.05, 0) is 5.56 Å². The predicted molar refractivity (Wildman–Crippen MR) is 67.4 cm³/mol. The predicted octanol–water partition coefficient (Wildman–Crippen LogP) is 1.11. The molecule has 1 amide bonds. The van der Waals surface area contributed by atoms with Gasteiger partial charge in [0.05, 0.1) is 11.9 Å². The average molecular weight is 240 g/mol. The Labute approximate surface area is 104 Å². The van der Waals surface area contributed by atoms with E-state index in [4.69, 9.17) is 0 Å². The normalized spacial score (nSPS) is 14.5. The Morgan fingerprint density at radius 2 is 2.06 bits per heavy atom. The van der Waals surface area contributed by atoms with Gasteiger partial charge in [0.25, 0.3) is 5.91 Å². The van der Waals surface area contributed by atoms with Crippen molar-refractivity contribution in [3.05, 3.63) is 53.3 Å². The van der Waals surface area contributed by atoms with Crippen LogP contribution in [0.25, 0.3) is 0 Å². The number of hydrazone groups is 1. The van der Waals surface area contributed by atoms with Crippen molar-refractivity contribution in [3.8, 4) is 0 Å². The molecule has 1 aliphatic heterocycles. The molecule has 5 heteroatoms. The summed E-state index contributed by atoms with van der Waals surface area (Å²) in [6, 6.07) is 9.82. The van der Waals surface area contributed by atoms with Crippen molar-refractivity contribution in [2.24, 2.45) is 12.1 Å². The minimum absolute atomic E-state index is 0.212. The minimum atomic E-state index is -0.212. The van der Waals surface area contributed by atoms with Crippen LogP contribution in [0.2, 0.25) is 0 Å². The zero-order chi connectivity index (χ0) is 12.5. The van der Waals surface area contributed by atoms with Crippen LogP contribution >= 0.6 is 0 Å². The third kappa shape index (κ3) is 1.69. The lowest BCUT2D eigenvalue weighted by Crippen LogP contribution is -2.20. The fraction of sp³-hybridized carbons (Fsp3) is 0.154. The number of carbonyl (C=O) groups is 1. The standard InChI is InChI=1S/C13H12N4O/c1-17-12-10(8-14-17)7-11(15-16-13(12)18)9-5-3-2-4-6-9/h2-6,8H,7H2,1H3,(H,16,18). The van der Waals surface area contributed by atoms with Gasteiger partial charge >= 0.3 is 0 Å². The van der Waals surface area contributed by atoms with Gasteiger partial charge in [-0.25, -0.2) is 5.43 Å². The lowest BCUT2D eigenvalue weighted by Gasteiger charge is -2.02. The monoisotopic (exact) mass is 240 g/mol. The second-order valence-corrected chi connectivity index (χ2v) is 4.18. The number of hydrogen-bond acceptors (Lipinski definition) is 3. The van der Waals surface area contributed by atoms with Crippen LogP contribution in [0.1, 0.15) is 21.6 Å². The molecule has 1 aromatic heterocycles. The molecular formula is C13H12N4O. The van der Waals surface area contributed by atoms with E-state index in [9.17, 15) is 4.79 Å². The summed E-state index contributed by atoms with van der Waals surface area (Å²) in [6.45, 7) is 0. The molecule has 0 radical (unpaired) electrons. The summed E-state index contributed by atoms with van der Waals surface area (Å²) in [5, 5.41) is 8.30. The number of nitrogens with one attached hydrogen (secondary N) is 1. The lowest BCUT2D eigenvalue weighted by atomic mass is 10.0. The number of aryl methyl sites for hydroxylation is 1. The van der Waals surface area contributed by atoms with Crippen LogP contribution in [0.5, 0.6) is 0 Å². The molecule has 18 heavy (non-hydrogen) atoms. The zero-order valence-electron chi connectivity index (χ0n) is 9.92. The Hall–Kier alpha value is -2.43. The van der Waals surface area contributed by atoms with Gasteiger partial charge in [0.1, 0.15) is 5.69 Å². The van der Waals surface area contributed by atoms with E-state index in [-0.39, 0.29) is 5.91 Å². The van der Waals surface area contributed by atoms with E-state index in [2.05, 4.69) is 15.6 Å². The van der Waals surface area contributed by atoms with Gasteiger partial charge in [0.2, 0.25) is 0 Å². The van der Waals surface area contributed by atoms with Gasteiger partial charge in [-0.2, -0.15) is 10.2 Å². The summed E-state index contributed by atoms with van der Waals surface area (Å²) >= 11 is 0. The molecule has 0 saturated heterocycles. The molecule has 0 fully saturated rings. The molecule has 2 aromatic rings. The third-order valence-corrected chi connectivity index (χ3v) is 2.99. The molecule has 1 aliphatic rings. The second-order valence-electron chi connectivity index (χ2n) is 4.18. The fourth-order valence-electron chi connectivity index (χ4n) is 2.09. The summed E-state index contributed by atoms with van der Waals surface area (Å²) in [7, 11) is 1.76. The third-order valence-electron chi connectivity index (χ3n) is 2.99. The molecule has 3 rings (SSSR count). The van der Waals surface area contributed by atoms with Crippen molar-refractivity contribution in [1.82, 2.24) is 15.2 Å². The van der Waals surface area contributed by atoms with E-state index in [1.165, 1.54) is 0 Å². The second kappa shape index (κ2) is 4.10. The van der Waals surface area contributed by atoms with E-state index in [0.29, 0.717) is 12.1 Å². The summed E-state index contributed by atoms with van der Waals surface area (Å²) in [5.41, 5.74) is 5.89. The summed E-state index contributed by atoms with van der Waals surface area (Å²) in [4.78, 5) is 11.9. The van der Waals surface area contributed by atoms with Gasteiger partial charge in [0, 0.05) is 19.0 Å². The number of nitrogens with zero attached hydrogens (tertiary/aromatic N) is 3. The SMILES string of the molecule is Cn1ncc2c1C(=O)NN=C(c1ccccc1)C2. The Kier molecular flexibility index (Phi) is 2.44. The first kappa shape index (κ1) is 10.7. The van der Waals surface area contributed by atoms with Gasteiger partial charge in [-0.15, -0.1) is 0 Å². The zero-order valence-corrected chi connectivity index (χ0v) is 9.92. The molecule has 90 valence electrons. The largest absolute Gasteiger partial charge is 0.289 e. The number of hydrogen-bond donors (Lipinski definition) is 1. The van der Waals surface area contributed by atoms with Gasteiger partial charge in [-0.3, -0.25) is 9.48 Å². The van der Waals surface area contributed by atoms with Crippen LogP contribution in [-0.2, 0) is 13.5 Å². The number of benzene rings is 1. The molecule has 0 bridgehead atoms. The number of amides is 1. The van der Waals surface area contributed by atoms with E-state index >= 15 is 0 Å². The topological polar surface area (TPSA) is 59.3 Å². The first-order valence-corrected chi connectivity index (χ1v) is 5.69. The van der Waals surface area contributed by atoms with Crippen LogP contribution in [0.15, 0.2) is 41.6 Å². The molecule has 0 spiro atoms. The van der Waals surface area contributed by atoms with E-state index in [1.807, 2.05) is 30.3 Å². The molecular weight excluding hydrogens is 228 g/mol. The van der Waals surface area contributed by atoms with Crippen molar-refractivity contribution >= 4 is 11.6 Å². The summed E-state index contributed by atoms with van der Waals surface area (Å²) in [5.74, 6) is -0.212. The van der Waals surface area contributed by atoms with Crippen molar-refractivity contribution in [2.45, 2.75) is 6.42 Å². The summed E-state index contributed by atoms with van der Waals surface area (Å²) < 4.78 is 1.58. The molecule has 5 nitrogen and oxygen atoms in total. The van der Waals surface area contributed by atoms with Crippen LogP contribution < -0.4 is 5.43 Å². The van der Waals surface area contributed by atoms with Gasteiger partial charge < -0.3 is 0 Å². The van der Waals surface area contributed by atoms with E-state index in [1.54, 1.807) is 17.9 Å². The van der Waals surface area contributed by atoms with Crippen LogP contribution in [0.4, 0.5) is 0 Å². The maximum absolute atomic E-state index is 11.9. The van der Waals surface area contributed by atoms with Crippen molar-refractivity contribution in [1.29, 1.82) is 0 Å². The highest BCUT2D eigenvalue weighted by atomic mass is 16.2. The number of rotatable bonds is 1. The van der Waals surface area contributed by atoms with Gasteiger partial charge in [-0.1, -0.05) is 30.3 Å². The highest BCUT2D eigenvalue weighted by molar-refractivity contribution is 6.06. The van der Waals surface area contributed by atoms with E-state index < -0.39 is 0 Å². The Morgan fingerprint density at radius 3 is 2.83 bits per heavy atom.